The summed E-state index contributed by atoms with van der Waals surface area (Å²) in [7, 11) is -3.30. The third-order valence-electron chi connectivity index (χ3n) is 6.35. The number of nitrogens with zero attached hydrogens (tertiary/aromatic N) is 2. The van der Waals surface area contributed by atoms with E-state index >= 15 is 4.39 Å². The van der Waals surface area contributed by atoms with Gasteiger partial charge < -0.3 is 23.9 Å². The van der Waals surface area contributed by atoms with E-state index in [2.05, 4.69) is 0 Å². The number of hydrogen-bond acceptors (Lipinski definition) is 9. The highest BCUT2D eigenvalue weighted by atomic mass is 31.1. The number of aliphatic hydroxyl groups excluding tert-OH is 1. The van der Waals surface area contributed by atoms with Crippen molar-refractivity contribution < 1.29 is 37.7 Å². The maximum Gasteiger partial charge on any atom is 0.330 e. The predicted molar refractivity (Wildman–Crippen MR) is 128 cm³/mol. The van der Waals surface area contributed by atoms with Gasteiger partial charge in [-0.25, -0.2) is 9.18 Å². The monoisotopic (exact) mass is 541 g/mol. The number of benzene rings is 1. The SMILES string of the molecule is CC(C(=O)OC1CCC1)N(Oc1ccccc1)[PH](=O)OC[C@H]1O[C@@H](n2ccc(=O)[nH]c2=O)[C@](C)(F)[C@@H]1O. The van der Waals surface area contributed by atoms with E-state index in [1.807, 2.05) is 4.98 Å². The Balaban J connectivity index is 1.46. The number of hydrogen-bond donors (Lipinski definition) is 2. The quantitative estimate of drug-likeness (QED) is 0.259. The number of ether oxygens (including phenoxy) is 2. The molecular weight excluding hydrogens is 512 g/mol. The first kappa shape index (κ1) is 27.2. The number of para-hydroxylation sites is 1. The number of carbonyl (C=O) groups excluding carboxylic acids is 1. The van der Waals surface area contributed by atoms with Crippen molar-refractivity contribution in [2.75, 3.05) is 6.61 Å². The second-order valence-electron chi connectivity index (χ2n) is 9.11. The fourth-order valence-corrected chi connectivity index (χ4v) is 4.93. The number of alkyl halides is 1. The average molecular weight is 541 g/mol. The van der Waals surface area contributed by atoms with Gasteiger partial charge in [0.2, 0.25) is 0 Å². The molecule has 2 fully saturated rings. The number of nitrogens with one attached hydrogen (secondary N) is 1. The molecule has 1 saturated heterocycles. The first-order valence-electron chi connectivity index (χ1n) is 11.8. The number of carbonyl (C=O) groups is 1. The Morgan fingerprint density at radius 1 is 1.32 bits per heavy atom. The third kappa shape index (κ3) is 6.02. The van der Waals surface area contributed by atoms with E-state index in [1.165, 1.54) is 6.92 Å². The summed E-state index contributed by atoms with van der Waals surface area (Å²) in [5, 5.41) is 10.5. The van der Waals surface area contributed by atoms with Gasteiger partial charge in [0.1, 0.15) is 30.1 Å². The zero-order valence-corrected chi connectivity index (χ0v) is 21.2. The Morgan fingerprint density at radius 2 is 2.03 bits per heavy atom. The molecule has 0 bridgehead atoms. The van der Waals surface area contributed by atoms with Gasteiger partial charge in [-0.15, -0.1) is 0 Å². The van der Waals surface area contributed by atoms with Gasteiger partial charge in [0.15, 0.2) is 11.9 Å². The maximum absolute atomic E-state index is 15.4. The highest BCUT2D eigenvalue weighted by Gasteiger charge is 2.55. The summed E-state index contributed by atoms with van der Waals surface area (Å²) in [5.41, 5.74) is -4.06. The van der Waals surface area contributed by atoms with Crippen LogP contribution in [0.5, 0.6) is 5.75 Å². The number of H-pyrrole nitrogens is 1. The van der Waals surface area contributed by atoms with E-state index in [9.17, 15) is 24.1 Å². The Bertz CT molecular complexity index is 1230. The van der Waals surface area contributed by atoms with Crippen LogP contribution in [0.3, 0.4) is 0 Å². The molecule has 2 N–H and O–H groups in total. The van der Waals surface area contributed by atoms with E-state index in [1.54, 1.807) is 30.3 Å². The number of aromatic nitrogens is 2. The van der Waals surface area contributed by atoms with Crippen LogP contribution in [0.1, 0.15) is 39.3 Å². The normalized spacial score (nSPS) is 27.4. The van der Waals surface area contributed by atoms with E-state index in [0.29, 0.717) is 5.75 Å². The molecule has 0 spiro atoms. The largest absolute Gasteiger partial charge is 0.461 e. The zero-order chi connectivity index (χ0) is 26.7. The first-order valence-corrected chi connectivity index (χ1v) is 13.1. The van der Waals surface area contributed by atoms with Crippen molar-refractivity contribution in [3.8, 4) is 5.75 Å². The second kappa shape index (κ2) is 11.3. The highest BCUT2D eigenvalue weighted by molar-refractivity contribution is 7.36. The third-order valence-corrected chi connectivity index (χ3v) is 7.60. The number of aromatic amines is 1. The molecule has 4 rings (SSSR count). The lowest BCUT2D eigenvalue weighted by Crippen LogP contribution is -2.43. The molecule has 6 atom stereocenters. The summed E-state index contributed by atoms with van der Waals surface area (Å²) < 4.78 is 45.7. The lowest BCUT2D eigenvalue weighted by Gasteiger charge is -2.30. The number of esters is 1. The first-order chi connectivity index (χ1) is 17.6. The second-order valence-corrected chi connectivity index (χ2v) is 10.4. The molecule has 1 saturated carbocycles. The van der Waals surface area contributed by atoms with Crippen molar-refractivity contribution in [3.63, 3.8) is 0 Å². The fourth-order valence-electron chi connectivity index (χ4n) is 3.90. The summed E-state index contributed by atoms with van der Waals surface area (Å²) in [5.74, 6) is -0.354. The molecule has 12 nitrogen and oxygen atoms in total. The standard InChI is InChI=1S/C23H29FN3O9P/c1-14(20(30)34-15-9-6-10-15)27(36-16-7-4-3-5-8-16)37(32)33-13-17-19(29)23(2,24)21(35-17)26-12-11-18(28)25-22(26)31/h3-5,7-8,11-12,14-15,17,19,21,29,37H,6,9-10,13H2,1-2H3,(H,25,28,31)/t14?,17-,19-,21-,23-/m1/s1. The van der Waals surface area contributed by atoms with Crippen LogP contribution in [0.2, 0.25) is 0 Å². The van der Waals surface area contributed by atoms with Gasteiger partial charge in [0, 0.05) is 12.3 Å². The lowest BCUT2D eigenvalue weighted by atomic mass is 9.96. The van der Waals surface area contributed by atoms with Crippen LogP contribution >= 0.6 is 8.18 Å². The van der Waals surface area contributed by atoms with E-state index < -0.39 is 62.2 Å². The van der Waals surface area contributed by atoms with Gasteiger partial charge >= 0.3 is 11.7 Å². The number of halogens is 1. The van der Waals surface area contributed by atoms with Gasteiger partial charge in [0.25, 0.3) is 13.7 Å². The van der Waals surface area contributed by atoms with Crippen molar-refractivity contribution in [2.45, 2.75) is 69.4 Å². The van der Waals surface area contributed by atoms with E-state index in [-0.39, 0.29) is 6.10 Å². The zero-order valence-electron chi connectivity index (χ0n) is 20.2. The molecule has 1 aromatic heterocycles. The van der Waals surface area contributed by atoms with Gasteiger partial charge in [-0.2, -0.15) is 0 Å². The fraction of sp³-hybridized carbons (Fsp3) is 0.522. The van der Waals surface area contributed by atoms with Crippen molar-refractivity contribution in [2.24, 2.45) is 0 Å². The summed E-state index contributed by atoms with van der Waals surface area (Å²) >= 11 is 0. The maximum atomic E-state index is 15.4. The molecule has 1 aliphatic carbocycles. The van der Waals surface area contributed by atoms with Crippen LogP contribution in [0.25, 0.3) is 0 Å². The number of aliphatic hydroxyl groups is 1. The van der Waals surface area contributed by atoms with Crippen LogP contribution < -0.4 is 16.1 Å². The predicted octanol–water partition coefficient (Wildman–Crippen LogP) is 1.71. The molecular formula is C23H29FN3O9P. The molecule has 2 unspecified atom stereocenters. The molecule has 2 aliphatic rings. The van der Waals surface area contributed by atoms with Crippen LogP contribution in [0.15, 0.2) is 52.2 Å². The van der Waals surface area contributed by atoms with Crippen LogP contribution in [0.4, 0.5) is 4.39 Å². The average Bonchev–Trinajstić information content (AvgIpc) is 3.06. The van der Waals surface area contributed by atoms with Crippen molar-refractivity contribution in [1.29, 1.82) is 0 Å². The number of rotatable bonds is 10. The molecule has 14 heteroatoms. The summed E-state index contributed by atoms with van der Waals surface area (Å²) in [4.78, 5) is 44.7. The lowest BCUT2D eigenvalue weighted by molar-refractivity contribution is -0.164. The molecule has 2 aromatic rings. The molecule has 202 valence electrons. The molecule has 37 heavy (non-hydrogen) atoms. The Morgan fingerprint density at radius 3 is 2.65 bits per heavy atom. The van der Waals surface area contributed by atoms with E-state index in [0.717, 1.165) is 47.9 Å². The molecule has 0 amide bonds. The van der Waals surface area contributed by atoms with Gasteiger partial charge in [-0.05, 0) is 45.2 Å². The van der Waals surface area contributed by atoms with Gasteiger partial charge in [-0.3, -0.25) is 23.7 Å². The Hall–Kier alpha value is -2.83. The van der Waals surface area contributed by atoms with Gasteiger partial charge in [0.05, 0.1) is 6.61 Å². The van der Waals surface area contributed by atoms with Crippen LogP contribution in [-0.4, -0.2) is 62.1 Å². The molecule has 1 aromatic carbocycles. The summed E-state index contributed by atoms with van der Waals surface area (Å²) in [6.07, 6.45) is -1.37. The topological polar surface area (TPSA) is 149 Å². The molecule has 2 heterocycles. The Kier molecular flexibility index (Phi) is 8.29. The Labute approximate surface area is 211 Å². The van der Waals surface area contributed by atoms with E-state index in [4.69, 9.17) is 18.8 Å². The van der Waals surface area contributed by atoms with Gasteiger partial charge in [-0.1, -0.05) is 23.0 Å². The number of hydroxylamine groups is 1. The minimum Gasteiger partial charge on any atom is -0.461 e. The van der Waals surface area contributed by atoms with Crippen molar-refractivity contribution in [1.82, 2.24) is 14.4 Å². The summed E-state index contributed by atoms with van der Waals surface area (Å²) in [6.45, 7) is 1.94. The minimum atomic E-state index is -3.30. The van der Waals surface area contributed by atoms with Crippen molar-refractivity contribution >= 4 is 14.1 Å². The highest BCUT2D eigenvalue weighted by Crippen LogP contribution is 2.42. The van der Waals surface area contributed by atoms with Crippen LogP contribution in [-0.2, 0) is 23.4 Å². The smallest absolute Gasteiger partial charge is 0.330 e. The minimum absolute atomic E-state index is 0.200. The summed E-state index contributed by atoms with van der Waals surface area (Å²) in [6, 6.07) is 8.22. The van der Waals surface area contributed by atoms with Crippen molar-refractivity contribution in [3.05, 3.63) is 63.4 Å². The molecule has 1 aliphatic heterocycles. The van der Waals surface area contributed by atoms with Crippen LogP contribution in [0, 0.1) is 0 Å². The molecule has 0 radical (unpaired) electrons.